The van der Waals surface area contributed by atoms with Crippen molar-refractivity contribution in [1.29, 1.82) is 0 Å². The van der Waals surface area contributed by atoms with E-state index in [2.05, 4.69) is 68.0 Å². The highest BCUT2D eigenvalue weighted by atomic mass is 15.0. The number of benzene rings is 1. The number of aryl methyl sites for hydroxylation is 3. The Labute approximate surface area is 116 Å². The van der Waals surface area contributed by atoms with Crippen LogP contribution in [0.1, 0.15) is 34.9 Å². The molecule has 2 aromatic rings. The van der Waals surface area contributed by atoms with Crippen molar-refractivity contribution < 1.29 is 0 Å². The molecule has 0 bridgehead atoms. The Hall–Kier alpha value is -1.54. The lowest BCUT2D eigenvalue weighted by molar-refractivity contribution is 0.655. The molecule has 2 rings (SSSR count). The largest absolute Gasteiger partial charge is 0.346 e. The Bertz CT molecular complexity index is 529. The van der Waals surface area contributed by atoms with Gasteiger partial charge in [-0.2, -0.15) is 0 Å². The molecule has 0 unspecified atom stereocenters. The van der Waals surface area contributed by atoms with E-state index in [0.717, 1.165) is 19.6 Å². The molecule has 1 N–H and O–H groups in total. The smallest absolute Gasteiger partial charge is 0.0478 e. The second-order valence-electron chi connectivity index (χ2n) is 5.29. The fourth-order valence-corrected chi connectivity index (χ4v) is 2.65. The van der Waals surface area contributed by atoms with E-state index in [1.54, 1.807) is 0 Å². The molecule has 0 fully saturated rings. The van der Waals surface area contributed by atoms with Crippen LogP contribution in [0.2, 0.25) is 0 Å². The van der Waals surface area contributed by atoms with Crippen LogP contribution in [0.4, 0.5) is 0 Å². The third kappa shape index (κ3) is 3.27. The van der Waals surface area contributed by atoms with E-state index < -0.39 is 0 Å². The molecule has 0 radical (unpaired) electrons. The second kappa shape index (κ2) is 6.07. The molecule has 0 saturated heterocycles. The van der Waals surface area contributed by atoms with E-state index in [9.17, 15) is 0 Å². The fraction of sp³-hybridized carbons (Fsp3) is 0.412. The van der Waals surface area contributed by atoms with E-state index >= 15 is 0 Å². The van der Waals surface area contributed by atoms with Crippen LogP contribution in [0.3, 0.4) is 0 Å². The van der Waals surface area contributed by atoms with Crippen LogP contribution in [0.15, 0.2) is 30.5 Å². The van der Waals surface area contributed by atoms with Gasteiger partial charge >= 0.3 is 0 Å². The topological polar surface area (TPSA) is 17.0 Å². The predicted octanol–water partition coefficient (Wildman–Crippen LogP) is 3.57. The molecule has 0 spiro atoms. The van der Waals surface area contributed by atoms with Gasteiger partial charge in [0, 0.05) is 25.0 Å². The monoisotopic (exact) mass is 256 g/mol. The van der Waals surface area contributed by atoms with Crippen molar-refractivity contribution in [3.8, 4) is 0 Å². The van der Waals surface area contributed by atoms with Gasteiger partial charge in [-0.25, -0.2) is 0 Å². The van der Waals surface area contributed by atoms with Crippen molar-refractivity contribution in [1.82, 2.24) is 9.88 Å². The normalized spacial score (nSPS) is 10.9. The van der Waals surface area contributed by atoms with Gasteiger partial charge in [0.2, 0.25) is 0 Å². The third-order valence-corrected chi connectivity index (χ3v) is 3.65. The minimum absolute atomic E-state index is 0.938. The predicted molar refractivity (Wildman–Crippen MR) is 81.6 cm³/mol. The van der Waals surface area contributed by atoms with E-state index in [4.69, 9.17) is 0 Å². The van der Waals surface area contributed by atoms with Crippen LogP contribution in [-0.2, 0) is 13.1 Å². The summed E-state index contributed by atoms with van der Waals surface area (Å²) in [5, 5.41) is 3.39. The number of nitrogens with zero attached hydrogens (tertiary/aromatic N) is 1. The lowest BCUT2D eigenvalue weighted by atomic mass is 10.00. The highest BCUT2D eigenvalue weighted by Gasteiger charge is 2.07. The molecule has 0 aliphatic heterocycles. The van der Waals surface area contributed by atoms with Gasteiger partial charge in [-0.1, -0.05) is 24.6 Å². The molecule has 2 nitrogen and oxygen atoms in total. The molecule has 0 atom stereocenters. The van der Waals surface area contributed by atoms with Gasteiger partial charge in [0.15, 0.2) is 0 Å². The van der Waals surface area contributed by atoms with Crippen LogP contribution in [0.5, 0.6) is 0 Å². The lowest BCUT2D eigenvalue weighted by Gasteiger charge is -2.15. The average molecular weight is 256 g/mol. The zero-order valence-corrected chi connectivity index (χ0v) is 12.5. The van der Waals surface area contributed by atoms with E-state index in [1.807, 2.05) is 0 Å². The van der Waals surface area contributed by atoms with Crippen molar-refractivity contribution in [2.24, 2.45) is 0 Å². The molecule has 1 aromatic carbocycles. The molecule has 19 heavy (non-hydrogen) atoms. The maximum absolute atomic E-state index is 3.39. The van der Waals surface area contributed by atoms with Crippen molar-refractivity contribution >= 4 is 0 Å². The summed E-state index contributed by atoms with van der Waals surface area (Å²) in [5.41, 5.74) is 6.92. The SMILES string of the molecule is CCNCc1cccn1Cc1c(C)cc(C)cc1C. The molecule has 0 aliphatic rings. The first-order chi connectivity index (χ1) is 9.11. The first kappa shape index (κ1) is 13.9. The van der Waals surface area contributed by atoms with Crippen molar-refractivity contribution in [3.05, 3.63) is 58.4 Å². The highest BCUT2D eigenvalue weighted by Crippen LogP contribution is 2.18. The van der Waals surface area contributed by atoms with Gasteiger partial charge < -0.3 is 9.88 Å². The summed E-state index contributed by atoms with van der Waals surface area (Å²) in [4.78, 5) is 0. The Morgan fingerprint density at radius 3 is 2.42 bits per heavy atom. The first-order valence-corrected chi connectivity index (χ1v) is 7.03. The van der Waals surface area contributed by atoms with Crippen molar-refractivity contribution in [2.45, 2.75) is 40.8 Å². The minimum Gasteiger partial charge on any atom is -0.346 e. The van der Waals surface area contributed by atoms with Crippen LogP contribution >= 0.6 is 0 Å². The van der Waals surface area contributed by atoms with E-state index in [-0.39, 0.29) is 0 Å². The first-order valence-electron chi connectivity index (χ1n) is 7.03. The zero-order valence-electron chi connectivity index (χ0n) is 12.5. The van der Waals surface area contributed by atoms with Gasteiger partial charge in [-0.05, 0) is 56.1 Å². The average Bonchev–Trinajstić information content (AvgIpc) is 2.78. The van der Waals surface area contributed by atoms with Gasteiger partial charge in [0.25, 0.3) is 0 Å². The summed E-state index contributed by atoms with van der Waals surface area (Å²) >= 11 is 0. The van der Waals surface area contributed by atoms with E-state index in [1.165, 1.54) is 27.9 Å². The minimum atomic E-state index is 0.938. The van der Waals surface area contributed by atoms with Gasteiger partial charge in [0.05, 0.1) is 0 Å². The number of hydrogen-bond acceptors (Lipinski definition) is 1. The maximum Gasteiger partial charge on any atom is 0.0478 e. The number of hydrogen-bond donors (Lipinski definition) is 1. The van der Waals surface area contributed by atoms with E-state index in [0.29, 0.717) is 0 Å². The summed E-state index contributed by atoms with van der Waals surface area (Å²) < 4.78 is 2.34. The molecule has 1 heterocycles. The third-order valence-electron chi connectivity index (χ3n) is 3.65. The Morgan fingerprint density at radius 2 is 1.79 bits per heavy atom. The summed E-state index contributed by atoms with van der Waals surface area (Å²) in [6.45, 7) is 11.6. The molecule has 102 valence electrons. The van der Waals surface area contributed by atoms with Gasteiger partial charge in [0.1, 0.15) is 0 Å². The van der Waals surface area contributed by atoms with Crippen LogP contribution in [0, 0.1) is 20.8 Å². The fourth-order valence-electron chi connectivity index (χ4n) is 2.65. The maximum atomic E-state index is 3.39. The number of nitrogens with one attached hydrogen (secondary N) is 1. The lowest BCUT2D eigenvalue weighted by Crippen LogP contribution is -2.16. The molecule has 1 aromatic heterocycles. The molecule has 2 heteroatoms. The summed E-state index contributed by atoms with van der Waals surface area (Å²) in [6.07, 6.45) is 2.17. The van der Waals surface area contributed by atoms with Crippen LogP contribution in [0.25, 0.3) is 0 Å². The quantitative estimate of drug-likeness (QED) is 0.865. The number of aromatic nitrogens is 1. The number of rotatable bonds is 5. The van der Waals surface area contributed by atoms with Crippen molar-refractivity contribution in [2.75, 3.05) is 6.54 Å². The Kier molecular flexibility index (Phi) is 4.43. The highest BCUT2D eigenvalue weighted by molar-refractivity contribution is 5.37. The van der Waals surface area contributed by atoms with Gasteiger partial charge in [-0.3, -0.25) is 0 Å². The molecular weight excluding hydrogens is 232 g/mol. The Balaban J connectivity index is 2.24. The van der Waals surface area contributed by atoms with Gasteiger partial charge in [-0.15, -0.1) is 0 Å². The summed E-state index contributed by atoms with van der Waals surface area (Å²) in [7, 11) is 0. The molecule has 0 amide bonds. The molecule has 0 aliphatic carbocycles. The van der Waals surface area contributed by atoms with Crippen LogP contribution < -0.4 is 5.32 Å². The summed E-state index contributed by atoms with van der Waals surface area (Å²) in [5.74, 6) is 0. The summed E-state index contributed by atoms with van der Waals surface area (Å²) in [6, 6.07) is 8.87. The zero-order chi connectivity index (χ0) is 13.8. The van der Waals surface area contributed by atoms with Crippen molar-refractivity contribution in [3.63, 3.8) is 0 Å². The standard InChI is InChI=1S/C17H24N2/c1-5-18-11-16-7-6-8-19(16)12-17-14(3)9-13(2)10-15(17)4/h6-10,18H,5,11-12H2,1-4H3. The molecule has 0 saturated carbocycles. The molecular formula is C17H24N2. The Morgan fingerprint density at radius 1 is 1.11 bits per heavy atom. The van der Waals surface area contributed by atoms with Crippen LogP contribution in [-0.4, -0.2) is 11.1 Å². The second-order valence-corrected chi connectivity index (χ2v) is 5.29.